The lowest BCUT2D eigenvalue weighted by molar-refractivity contribution is -0.146. The van der Waals surface area contributed by atoms with Gasteiger partial charge in [0.15, 0.2) is 11.5 Å². The molecule has 3 rings (SSSR count). The van der Waals surface area contributed by atoms with Gasteiger partial charge >= 0.3 is 12.0 Å². The number of nitrogens with one attached hydrogen (secondary N) is 2. The minimum Gasteiger partial charge on any atom is -0.503 e. The molecule has 7 nitrogen and oxygen atoms in total. The van der Waals surface area contributed by atoms with Crippen molar-refractivity contribution in [1.82, 2.24) is 10.6 Å². The van der Waals surface area contributed by atoms with Crippen LogP contribution in [0.4, 0.5) is 4.79 Å². The standard InChI is InChI=1S/C20H25BrN2O5/c1-10-5-4-6-13(7-10)28-19(25)16-11(2)22-20(26)23-17(16)12-8-14(21)18(24)15(9-12)27-3/h8-10,13,17,24H,4-7H2,1-3H3,(H2,22,23,26)/t10-,13+,17+/m1/s1. The number of phenolic OH excluding ortho intramolecular Hbond substituents is 1. The number of hydrogen-bond acceptors (Lipinski definition) is 5. The summed E-state index contributed by atoms with van der Waals surface area (Å²) < 4.78 is 11.4. The second-order valence-corrected chi connectivity index (χ2v) is 8.28. The maximum Gasteiger partial charge on any atom is 0.338 e. The molecule has 0 bridgehead atoms. The molecule has 3 atom stereocenters. The first-order valence-corrected chi connectivity index (χ1v) is 10.1. The van der Waals surface area contributed by atoms with E-state index in [1.165, 1.54) is 7.11 Å². The first-order chi connectivity index (χ1) is 13.3. The molecule has 2 amide bonds. The fourth-order valence-electron chi connectivity index (χ4n) is 3.83. The van der Waals surface area contributed by atoms with E-state index in [-0.39, 0.29) is 17.6 Å². The Morgan fingerprint density at radius 3 is 2.75 bits per heavy atom. The molecule has 1 aromatic rings. The number of amides is 2. The van der Waals surface area contributed by atoms with Crippen LogP contribution in [-0.2, 0) is 9.53 Å². The number of benzene rings is 1. The van der Waals surface area contributed by atoms with E-state index >= 15 is 0 Å². The lowest BCUT2D eigenvalue weighted by Gasteiger charge is -2.31. The molecular formula is C20H25BrN2O5. The van der Waals surface area contributed by atoms with Crippen molar-refractivity contribution in [1.29, 1.82) is 0 Å². The summed E-state index contributed by atoms with van der Waals surface area (Å²) in [5.74, 6) is 0.271. The van der Waals surface area contributed by atoms with E-state index < -0.39 is 18.0 Å². The Balaban J connectivity index is 1.93. The van der Waals surface area contributed by atoms with Crippen molar-refractivity contribution in [3.05, 3.63) is 33.4 Å². The molecule has 28 heavy (non-hydrogen) atoms. The number of carbonyl (C=O) groups excluding carboxylic acids is 2. The van der Waals surface area contributed by atoms with Gasteiger partial charge in [-0.15, -0.1) is 0 Å². The summed E-state index contributed by atoms with van der Waals surface area (Å²) >= 11 is 3.29. The van der Waals surface area contributed by atoms with Crippen LogP contribution in [0.2, 0.25) is 0 Å². The normalized spacial score (nSPS) is 25.0. The van der Waals surface area contributed by atoms with Crippen molar-refractivity contribution in [3.8, 4) is 11.5 Å². The van der Waals surface area contributed by atoms with Crippen LogP contribution in [0.3, 0.4) is 0 Å². The molecule has 2 aliphatic rings. The fourth-order valence-corrected chi connectivity index (χ4v) is 4.29. The third-order valence-electron chi connectivity index (χ3n) is 5.26. The van der Waals surface area contributed by atoms with E-state index in [9.17, 15) is 14.7 Å². The molecule has 0 aromatic heterocycles. The van der Waals surface area contributed by atoms with Gasteiger partial charge in [-0.2, -0.15) is 0 Å². The molecule has 152 valence electrons. The van der Waals surface area contributed by atoms with Gasteiger partial charge in [0.05, 0.1) is 23.2 Å². The van der Waals surface area contributed by atoms with Gasteiger partial charge in [-0.25, -0.2) is 9.59 Å². The van der Waals surface area contributed by atoms with Gasteiger partial charge < -0.3 is 25.2 Å². The summed E-state index contributed by atoms with van der Waals surface area (Å²) in [6.07, 6.45) is 3.78. The summed E-state index contributed by atoms with van der Waals surface area (Å²) in [6, 6.07) is 2.12. The van der Waals surface area contributed by atoms with Crippen LogP contribution in [0.1, 0.15) is 51.1 Å². The summed E-state index contributed by atoms with van der Waals surface area (Å²) in [7, 11) is 1.44. The van der Waals surface area contributed by atoms with Gasteiger partial charge in [0.2, 0.25) is 0 Å². The number of aromatic hydroxyl groups is 1. The lowest BCUT2D eigenvalue weighted by atomic mass is 9.88. The first-order valence-electron chi connectivity index (χ1n) is 9.35. The minimum absolute atomic E-state index is 0.0486. The monoisotopic (exact) mass is 452 g/mol. The number of ether oxygens (including phenoxy) is 2. The van der Waals surface area contributed by atoms with Crippen molar-refractivity contribution in [3.63, 3.8) is 0 Å². The number of methoxy groups -OCH3 is 1. The van der Waals surface area contributed by atoms with Crippen LogP contribution in [-0.4, -0.2) is 30.3 Å². The van der Waals surface area contributed by atoms with E-state index in [4.69, 9.17) is 9.47 Å². The molecule has 0 saturated heterocycles. The van der Waals surface area contributed by atoms with Gasteiger partial charge in [-0.3, -0.25) is 0 Å². The first kappa shape index (κ1) is 20.5. The number of hydrogen-bond donors (Lipinski definition) is 3. The summed E-state index contributed by atoms with van der Waals surface area (Å²) in [6.45, 7) is 3.84. The largest absolute Gasteiger partial charge is 0.503 e. The Bertz CT molecular complexity index is 823. The number of urea groups is 1. The van der Waals surface area contributed by atoms with Crippen LogP contribution in [0.25, 0.3) is 0 Å². The third-order valence-corrected chi connectivity index (χ3v) is 5.86. The molecule has 1 aliphatic heterocycles. The number of phenols is 1. The van der Waals surface area contributed by atoms with Crippen LogP contribution < -0.4 is 15.4 Å². The molecule has 1 aliphatic carbocycles. The van der Waals surface area contributed by atoms with Crippen LogP contribution in [0.5, 0.6) is 11.5 Å². The molecule has 1 heterocycles. The highest BCUT2D eigenvalue weighted by Gasteiger charge is 2.34. The van der Waals surface area contributed by atoms with E-state index in [1.807, 2.05) is 0 Å². The Kier molecular flexibility index (Phi) is 6.17. The predicted molar refractivity (Wildman–Crippen MR) is 107 cm³/mol. The van der Waals surface area contributed by atoms with E-state index in [0.29, 0.717) is 27.2 Å². The zero-order valence-electron chi connectivity index (χ0n) is 16.2. The third kappa shape index (κ3) is 4.27. The van der Waals surface area contributed by atoms with Crippen molar-refractivity contribution >= 4 is 27.9 Å². The van der Waals surface area contributed by atoms with Gasteiger partial charge in [0, 0.05) is 5.70 Å². The minimum atomic E-state index is -0.715. The van der Waals surface area contributed by atoms with Crippen molar-refractivity contribution in [2.24, 2.45) is 5.92 Å². The average molecular weight is 453 g/mol. The van der Waals surface area contributed by atoms with Gasteiger partial charge in [-0.1, -0.05) is 13.3 Å². The molecule has 1 fully saturated rings. The zero-order chi connectivity index (χ0) is 20.4. The molecular weight excluding hydrogens is 428 g/mol. The molecule has 0 radical (unpaired) electrons. The SMILES string of the molecule is COc1cc([C@@H]2NC(=O)NC(C)=C2C(=O)O[C@H]2CCC[C@@H](C)C2)cc(Br)c1O. The highest BCUT2D eigenvalue weighted by atomic mass is 79.9. The second-order valence-electron chi connectivity index (χ2n) is 7.42. The number of esters is 1. The van der Waals surface area contributed by atoms with E-state index in [1.54, 1.807) is 19.1 Å². The van der Waals surface area contributed by atoms with E-state index in [0.717, 1.165) is 25.7 Å². The zero-order valence-corrected chi connectivity index (χ0v) is 17.8. The van der Waals surface area contributed by atoms with Crippen molar-refractivity contribution < 1.29 is 24.2 Å². The molecule has 8 heteroatoms. The smallest absolute Gasteiger partial charge is 0.338 e. The molecule has 3 N–H and O–H groups in total. The second kappa shape index (κ2) is 8.43. The summed E-state index contributed by atoms with van der Waals surface area (Å²) in [5.41, 5.74) is 1.39. The molecule has 1 saturated carbocycles. The van der Waals surface area contributed by atoms with Crippen LogP contribution in [0, 0.1) is 5.92 Å². The Morgan fingerprint density at radius 1 is 1.32 bits per heavy atom. The summed E-state index contributed by atoms with van der Waals surface area (Å²) in [4.78, 5) is 25.1. The molecule has 1 aromatic carbocycles. The van der Waals surface area contributed by atoms with E-state index in [2.05, 4.69) is 33.5 Å². The van der Waals surface area contributed by atoms with Crippen LogP contribution in [0.15, 0.2) is 27.9 Å². The quantitative estimate of drug-likeness (QED) is 0.601. The molecule has 0 unspecified atom stereocenters. The topological polar surface area (TPSA) is 96.9 Å². The highest BCUT2D eigenvalue weighted by molar-refractivity contribution is 9.10. The Labute approximate surface area is 172 Å². The molecule has 0 spiro atoms. The number of carbonyl (C=O) groups is 2. The van der Waals surface area contributed by atoms with Gasteiger partial charge in [0.25, 0.3) is 0 Å². The van der Waals surface area contributed by atoms with Crippen LogP contribution >= 0.6 is 15.9 Å². The van der Waals surface area contributed by atoms with Gasteiger partial charge in [0.1, 0.15) is 6.10 Å². The summed E-state index contributed by atoms with van der Waals surface area (Å²) in [5, 5.41) is 15.5. The van der Waals surface area contributed by atoms with Gasteiger partial charge in [-0.05, 0) is 65.7 Å². The number of rotatable bonds is 4. The predicted octanol–water partition coefficient (Wildman–Crippen LogP) is 3.91. The van der Waals surface area contributed by atoms with Crippen molar-refractivity contribution in [2.75, 3.05) is 7.11 Å². The highest BCUT2D eigenvalue weighted by Crippen LogP contribution is 2.39. The Morgan fingerprint density at radius 2 is 2.07 bits per heavy atom. The number of allylic oxidation sites excluding steroid dienone is 1. The maximum atomic E-state index is 13.0. The Hall–Kier alpha value is -2.22. The lowest BCUT2D eigenvalue weighted by Crippen LogP contribution is -2.45. The maximum absolute atomic E-state index is 13.0. The fraction of sp³-hybridized carbons (Fsp3) is 0.500. The average Bonchev–Trinajstić information content (AvgIpc) is 2.63. The van der Waals surface area contributed by atoms with Crippen molar-refractivity contribution in [2.45, 2.75) is 51.7 Å². The number of halogens is 1.